The Bertz CT molecular complexity index is 897. The summed E-state index contributed by atoms with van der Waals surface area (Å²) >= 11 is 0. The fourth-order valence-corrected chi connectivity index (χ4v) is 2.71. The smallest absolute Gasteiger partial charge is 0.129 e. The number of hydrogen-bond donors (Lipinski definition) is 1. The van der Waals surface area contributed by atoms with Gasteiger partial charge in [-0.05, 0) is 54.2 Å². The van der Waals surface area contributed by atoms with Crippen LogP contribution in [0.25, 0.3) is 22.3 Å². The number of hydrogen-bond acceptors (Lipinski definition) is 4. The molecule has 1 radical (unpaired) electrons. The topological polar surface area (TPSA) is 103 Å². The molecule has 0 amide bonds. The predicted octanol–water partition coefficient (Wildman–Crippen LogP) is 4.80. The second kappa shape index (κ2) is 10.6. The molecule has 0 saturated carbocycles. The molecule has 1 aliphatic heterocycles. The first-order valence-corrected chi connectivity index (χ1v) is 8.70. The summed E-state index contributed by atoms with van der Waals surface area (Å²) < 4.78 is 12.7. The Balaban J connectivity index is 0.000000198. The van der Waals surface area contributed by atoms with E-state index in [2.05, 4.69) is 20.3 Å². The zero-order valence-corrected chi connectivity index (χ0v) is 18.5. The molecule has 4 rings (SSSR count). The second-order valence-electron chi connectivity index (χ2n) is 6.31. The summed E-state index contributed by atoms with van der Waals surface area (Å²) in [5, 5.41) is 4.29. The largest absolute Gasteiger partial charge is 0.662 e. The van der Waals surface area contributed by atoms with Crippen LogP contribution in [0.5, 0.6) is 0 Å². The molecule has 3 aromatic rings. The van der Waals surface area contributed by atoms with Crippen molar-refractivity contribution in [1.82, 2.24) is 15.0 Å². The van der Waals surface area contributed by atoms with Gasteiger partial charge in [0.1, 0.15) is 11.6 Å². The normalized spacial score (nSPS) is 15.3. The SMILES string of the molecule is Cc1ccnc(C2CC[N-]C2)n1.[NH-]c1nc(-c2ccc(F)cc2)ccc1N.[Y]. The Morgan fingerprint density at radius 1 is 1.11 bits per heavy atom. The van der Waals surface area contributed by atoms with E-state index in [-0.39, 0.29) is 44.3 Å². The van der Waals surface area contributed by atoms with Gasteiger partial charge in [0.25, 0.3) is 0 Å². The number of pyridine rings is 1. The van der Waals surface area contributed by atoms with E-state index in [9.17, 15) is 4.39 Å². The molecule has 1 unspecified atom stereocenters. The number of nitrogen functional groups attached to an aromatic ring is 1. The first-order chi connectivity index (χ1) is 13.0. The van der Waals surface area contributed by atoms with Crippen molar-refractivity contribution < 1.29 is 37.1 Å². The van der Waals surface area contributed by atoms with Crippen LogP contribution in [0, 0.1) is 12.7 Å². The Morgan fingerprint density at radius 3 is 2.46 bits per heavy atom. The Hall–Kier alpha value is -1.96. The summed E-state index contributed by atoms with van der Waals surface area (Å²) in [5.41, 5.74) is 15.7. The van der Waals surface area contributed by atoms with Crippen molar-refractivity contribution in [3.63, 3.8) is 0 Å². The van der Waals surface area contributed by atoms with E-state index >= 15 is 0 Å². The Labute approximate surface area is 189 Å². The molecule has 1 aliphatic rings. The molecule has 1 saturated heterocycles. The Kier molecular flexibility index (Phi) is 8.42. The number of anilines is 1. The quantitative estimate of drug-likeness (QED) is 0.602. The molecule has 0 bridgehead atoms. The van der Waals surface area contributed by atoms with Crippen molar-refractivity contribution in [3.05, 3.63) is 77.0 Å². The van der Waals surface area contributed by atoms with Crippen LogP contribution in [-0.2, 0) is 32.7 Å². The average Bonchev–Trinajstić information content (AvgIpc) is 3.20. The minimum atomic E-state index is -0.291. The number of nitrogens with two attached hydrogens (primary N) is 1. The van der Waals surface area contributed by atoms with E-state index in [1.807, 2.05) is 19.2 Å². The Morgan fingerprint density at radius 2 is 1.86 bits per heavy atom. The van der Waals surface area contributed by atoms with Crippen molar-refractivity contribution in [3.8, 4) is 11.3 Å². The number of rotatable bonds is 2. The van der Waals surface area contributed by atoms with Gasteiger partial charge in [0.15, 0.2) is 0 Å². The first-order valence-electron chi connectivity index (χ1n) is 8.70. The molecule has 1 atom stereocenters. The summed E-state index contributed by atoms with van der Waals surface area (Å²) in [5.74, 6) is 1.19. The third-order valence-electron chi connectivity index (χ3n) is 4.23. The number of nitrogens with one attached hydrogen (secondary N) is 1. The number of benzene rings is 1. The molecule has 1 aromatic carbocycles. The van der Waals surface area contributed by atoms with Crippen LogP contribution in [0.1, 0.15) is 23.9 Å². The van der Waals surface area contributed by atoms with Gasteiger partial charge in [-0.25, -0.2) is 14.4 Å². The summed E-state index contributed by atoms with van der Waals surface area (Å²) in [6.07, 6.45) is 2.94. The average molecular weight is 453 g/mol. The molecular formula is C20H21FN6Y-2. The van der Waals surface area contributed by atoms with Crippen molar-refractivity contribution in [1.29, 1.82) is 0 Å². The fourth-order valence-electron chi connectivity index (χ4n) is 2.71. The predicted molar refractivity (Wildman–Crippen MR) is 105 cm³/mol. The van der Waals surface area contributed by atoms with Gasteiger partial charge >= 0.3 is 0 Å². The van der Waals surface area contributed by atoms with Gasteiger partial charge in [0, 0.05) is 50.3 Å². The third kappa shape index (κ3) is 6.02. The molecule has 6 nitrogen and oxygen atoms in total. The van der Waals surface area contributed by atoms with Crippen LogP contribution in [0.15, 0.2) is 48.7 Å². The zero-order chi connectivity index (χ0) is 19.2. The maximum atomic E-state index is 12.7. The van der Waals surface area contributed by atoms with Gasteiger partial charge in [-0.1, -0.05) is 24.6 Å². The molecule has 1 fully saturated rings. The summed E-state index contributed by atoms with van der Waals surface area (Å²) in [6, 6.07) is 11.2. The van der Waals surface area contributed by atoms with Gasteiger partial charge in [-0.3, -0.25) is 0 Å². The van der Waals surface area contributed by atoms with Gasteiger partial charge in [0.05, 0.1) is 0 Å². The molecule has 2 aromatic heterocycles. The molecule has 3 N–H and O–H groups in total. The molecular weight excluding hydrogens is 432 g/mol. The van der Waals surface area contributed by atoms with E-state index < -0.39 is 0 Å². The van der Waals surface area contributed by atoms with Crippen molar-refractivity contribution in [2.75, 3.05) is 18.8 Å². The maximum absolute atomic E-state index is 12.7. The minimum absolute atomic E-state index is 0. The van der Waals surface area contributed by atoms with Crippen molar-refractivity contribution in [2.24, 2.45) is 0 Å². The zero-order valence-electron chi connectivity index (χ0n) is 15.6. The summed E-state index contributed by atoms with van der Waals surface area (Å²) in [4.78, 5) is 12.6. The van der Waals surface area contributed by atoms with Crippen LogP contribution < -0.4 is 5.73 Å². The van der Waals surface area contributed by atoms with Crippen molar-refractivity contribution in [2.45, 2.75) is 19.3 Å². The van der Waals surface area contributed by atoms with E-state index in [0.717, 1.165) is 36.6 Å². The third-order valence-corrected chi connectivity index (χ3v) is 4.23. The molecule has 143 valence electrons. The van der Waals surface area contributed by atoms with Crippen molar-refractivity contribution >= 4 is 11.5 Å². The number of halogens is 1. The van der Waals surface area contributed by atoms with E-state index in [0.29, 0.717) is 17.3 Å². The van der Waals surface area contributed by atoms with Crippen LogP contribution in [0.3, 0.4) is 0 Å². The molecule has 0 aliphatic carbocycles. The van der Waals surface area contributed by atoms with Gasteiger partial charge in [-0.2, -0.15) is 0 Å². The summed E-state index contributed by atoms with van der Waals surface area (Å²) in [7, 11) is 0. The van der Waals surface area contributed by atoms with Gasteiger partial charge < -0.3 is 21.8 Å². The maximum Gasteiger partial charge on any atom is 0.129 e. The van der Waals surface area contributed by atoms with Crippen LogP contribution in [0.4, 0.5) is 15.9 Å². The van der Waals surface area contributed by atoms with Crippen LogP contribution in [0.2, 0.25) is 0 Å². The fraction of sp³-hybridized carbons (Fsp3) is 0.250. The van der Waals surface area contributed by atoms with E-state index in [1.165, 1.54) is 12.1 Å². The van der Waals surface area contributed by atoms with E-state index in [1.54, 1.807) is 24.3 Å². The molecule has 3 heterocycles. The van der Waals surface area contributed by atoms with E-state index in [4.69, 9.17) is 11.5 Å². The van der Waals surface area contributed by atoms with Crippen LogP contribution >= 0.6 is 0 Å². The molecule has 28 heavy (non-hydrogen) atoms. The number of aryl methyl sites for hydroxylation is 1. The second-order valence-corrected chi connectivity index (χ2v) is 6.31. The molecule has 0 spiro atoms. The van der Waals surface area contributed by atoms with Gasteiger partial charge in [-0.15, -0.1) is 13.1 Å². The summed E-state index contributed by atoms with van der Waals surface area (Å²) in [6.45, 7) is 3.88. The standard InChI is InChI=1S/C11H9FN3.C9H12N3.Y/c12-8-3-1-7(2-4-8)10-6-5-9(13)11(14)15-10;1-7-2-5-11-9(12-7)8-3-4-10-6-8;/h1-6H,13H2,(H-,14,15);2,5,8H,3-4,6H2,1H3;/q2*-1;. The number of aromatic nitrogens is 3. The first kappa shape index (κ1) is 22.3. The number of nitrogens with zero attached hydrogens (tertiary/aromatic N) is 4. The minimum Gasteiger partial charge on any atom is -0.662 e. The van der Waals surface area contributed by atoms with Gasteiger partial charge in [0.2, 0.25) is 0 Å². The molecule has 8 heteroatoms. The monoisotopic (exact) mass is 453 g/mol. The van der Waals surface area contributed by atoms with Crippen LogP contribution in [-0.4, -0.2) is 28.0 Å².